The standard InChI is InChI=1S/C16H14N4OS/c17-22-14-7-6-11(9-18-14)12-8-13(12)16-19-15(20-21-16)10-4-2-1-3-5-10/h1-7,9,12-13H,8,17H2. The number of rotatable bonds is 4. The van der Waals surface area contributed by atoms with Gasteiger partial charge in [0.15, 0.2) is 0 Å². The van der Waals surface area contributed by atoms with E-state index in [4.69, 9.17) is 9.66 Å². The molecule has 1 fully saturated rings. The molecule has 1 aliphatic carbocycles. The quantitative estimate of drug-likeness (QED) is 0.744. The fourth-order valence-corrected chi connectivity index (χ4v) is 2.87. The maximum absolute atomic E-state index is 5.49. The number of nitrogens with zero attached hydrogens (tertiary/aromatic N) is 3. The van der Waals surface area contributed by atoms with Crippen LogP contribution in [0, 0.1) is 0 Å². The van der Waals surface area contributed by atoms with Gasteiger partial charge in [-0.2, -0.15) is 4.98 Å². The predicted octanol–water partition coefficient (Wildman–Crippen LogP) is 3.37. The van der Waals surface area contributed by atoms with Crippen LogP contribution in [-0.4, -0.2) is 15.1 Å². The molecule has 2 N–H and O–H groups in total. The first-order valence-corrected chi connectivity index (χ1v) is 7.95. The Morgan fingerprint density at radius 1 is 1.09 bits per heavy atom. The van der Waals surface area contributed by atoms with Crippen molar-refractivity contribution < 1.29 is 4.52 Å². The van der Waals surface area contributed by atoms with E-state index in [-0.39, 0.29) is 0 Å². The van der Waals surface area contributed by atoms with E-state index >= 15 is 0 Å². The fourth-order valence-electron chi connectivity index (χ4n) is 2.61. The molecule has 0 bridgehead atoms. The van der Waals surface area contributed by atoms with Crippen molar-refractivity contribution in [2.45, 2.75) is 23.3 Å². The zero-order valence-corrected chi connectivity index (χ0v) is 12.5. The summed E-state index contributed by atoms with van der Waals surface area (Å²) < 4.78 is 5.43. The van der Waals surface area contributed by atoms with Crippen molar-refractivity contribution in [2.24, 2.45) is 5.14 Å². The van der Waals surface area contributed by atoms with Crippen LogP contribution in [0.1, 0.15) is 29.7 Å². The molecule has 3 aromatic rings. The van der Waals surface area contributed by atoms with Gasteiger partial charge in [-0.25, -0.2) is 4.98 Å². The molecule has 0 radical (unpaired) electrons. The van der Waals surface area contributed by atoms with Gasteiger partial charge in [-0.1, -0.05) is 41.6 Å². The number of pyridine rings is 1. The Hall–Kier alpha value is -2.18. The van der Waals surface area contributed by atoms with Gasteiger partial charge in [0.2, 0.25) is 11.7 Å². The Labute approximate surface area is 132 Å². The molecule has 4 rings (SSSR count). The van der Waals surface area contributed by atoms with E-state index in [9.17, 15) is 0 Å². The molecule has 2 heterocycles. The summed E-state index contributed by atoms with van der Waals surface area (Å²) in [6.45, 7) is 0. The van der Waals surface area contributed by atoms with Gasteiger partial charge in [0.1, 0.15) is 5.03 Å². The average molecular weight is 310 g/mol. The average Bonchev–Trinajstić information content (AvgIpc) is 3.24. The van der Waals surface area contributed by atoms with Crippen LogP contribution in [0.2, 0.25) is 0 Å². The second-order valence-corrected chi connectivity index (χ2v) is 5.97. The monoisotopic (exact) mass is 310 g/mol. The lowest BCUT2D eigenvalue weighted by Crippen LogP contribution is -1.89. The van der Waals surface area contributed by atoms with Gasteiger partial charge in [0.25, 0.3) is 0 Å². The summed E-state index contributed by atoms with van der Waals surface area (Å²) in [6.07, 6.45) is 2.90. The van der Waals surface area contributed by atoms with Crippen LogP contribution >= 0.6 is 11.9 Å². The minimum Gasteiger partial charge on any atom is -0.339 e. The van der Waals surface area contributed by atoms with Gasteiger partial charge in [-0.3, -0.25) is 5.14 Å². The molecule has 6 heteroatoms. The molecule has 0 aliphatic heterocycles. The molecule has 2 atom stereocenters. The van der Waals surface area contributed by atoms with E-state index in [0.29, 0.717) is 23.6 Å². The van der Waals surface area contributed by atoms with Crippen molar-refractivity contribution >= 4 is 11.9 Å². The molecule has 2 unspecified atom stereocenters. The van der Waals surface area contributed by atoms with Gasteiger partial charge < -0.3 is 4.52 Å². The second kappa shape index (κ2) is 5.55. The highest BCUT2D eigenvalue weighted by Crippen LogP contribution is 2.54. The molecule has 1 aliphatic rings. The van der Waals surface area contributed by atoms with E-state index in [1.54, 1.807) is 0 Å². The van der Waals surface area contributed by atoms with Crippen LogP contribution in [0.4, 0.5) is 0 Å². The van der Waals surface area contributed by atoms with Crippen LogP contribution in [0.3, 0.4) is 0 Å². The van der Waals surface area contributed by atoms with Crippen molar-refractivity contribution in [3.8, 4) is 11.4 Å². The highest BCUT2D eigenvalue weighted by atomic mass is 32.2. The highest BCUT2D eigenvalue weighted by Gasteiger charge is 2.44. The second-order valence-electron chi connectivity index (χ2n) is 5.32. The van der Waals surface area contributed by atoms with Gasteiger partial charge in [0.05, 0.1) is 0 Å². The maximum atomic E-state index is 5.49. The van der Waals surface area contributed by atoms with E-state index in [1.165, 1.54) is 5.56 Å². The number of hydrogen-bond donors (Lipinski definition) is 1. The Morgan fingerprint density at radius 2 is 1.95 bits per heavy atom. The highest BCUT2D eigenvalue weighted by molar-refractivity contribution is 7.97. The summed E-state index contributed by atoms with van der Waals surface area (Å²) in [7, 11) is 0. The third-order valence-electron chi connectivity index (χ3n) is 3.89. The third-order valence-corrected chi connectivity index (χ3v) is 4.37. The van der Waals surface area contributed by atoms with Gasteiger partial charge in [-0.15, -0.1) is 0 Å². The Kier molecular flexibility index (Phi) is 3.40. The summed E-state index contributed by atoms with van der Waals surface area (Å²) in [5.41, 5.74) is 2.17. The minimum absolute atomic E-state index is 0.295. The van der Waals surface area contributed by atoms with Crippen molar-refractivity contribution in [2.75, 3.05) is 0 Å². The van der Waals surface area contributed by atoms with Crippen LogP contribution in [0.5, 0.6) is 0 Å². The maximum Gasteiger partial charge on any atom is 0.230 e. The van der Waals surface area contributed by atoms with Crippen molar-refractivity contribution in [1.29, 1.82) is 0 Å². The van der Waals surface area contributed by atoms with Crippen LogP contribution in [0.15, 0.2) is 58.2 Å². The lowest BCUT2D eigenvalue weighted by Gasteiger charge is -1.99. The predicted molar refractivity (Wildman–Crippen MR) is 84.1 cm³/mol. The molecule has 0 spiro atoms. The van der Waals surface area contributed by atoms with E-state index in [1.807, 2.05) is 42.6 Å². The molecule has 2 aromatic heterocycles. The SMILES string of the molecule is NSc1ccc(C2CC2c2nc(-c3ccccc3)no2)cn1. The van der Waals surface area contributed by atoms with Crippen molar-refractivity contribution in [3.63, 3.8) is 0 Å². The Morgan fingerprint density at radius 3 is 2.68 bits per heavy atom. The normalized spacial score (nSPS) is 20.0. The third kappa shape index (κ3) is 2.51. The summed E-state index contributed by atoms with van der Waals surface area (Å²) in [5, 5.41) is 10.4. The first-order valence-electron chi connectivity index (χ1n) is 7.07. The number of benzene rings is 1. The summed E-state index contributed by atoms with van der Waals surface area (Å²) in [6, 6.07) is 13.9. The molecule has 22 heavy (non-hydrogen) atoms. The number of aromatic nitrogens is 3. The molecule has 5 nitrogen and oxygen atoms in total. The van der Waals surface area contributed by atoms with Crippen molar-refractivity contribution in [1.82, 2.24) is 15.1 Å². The van der Waals surface area contributed by atoms with Gasteiger partial charge in [-0.05, 0) is 35.9 Å². The molecule has 1 aromatic carbocycles. The van der Waals surface area contributed by atoms with E-state index < -0.39 is 0 Å². The Bertz CT molecular complexity index is 772. The first kappa shape index (κ1) is 13.5. The number of hydrogen-bond acceptors (Lipinski definition) is 6. The Balaban J connectivity index is 1.51. The van der Waals surface area contributed by atoms with Gasteiger partial charge in [0, 0.05) is 17.7 Å². The zero-order valence-electron chi connectivity index (χ0n) is 11.7. The van der Waals surface area contributed by atoms with Crippen LogP contribution in [-0.2, 0) is 0 Å². The summed E-state index contributed by atoms with van der Waals surface area (Å²) >= 11 is 1.16. The van der Waals surface area contributed by atoms with Gasteiger partial charge >= 0.3 is 0 Å². The van der Waals surface area contributed by atoms with E-state index in [2.05, 4.69) is 21.2 Å². The van der Waals surface area contributed by atoms with Crippen LogP contribution in [0.25, 0.3) is 11.4 Å². The van der Waals surface area contributed by atoms with Crippen LogP contribution < -0.4 is 5.14 Å². The number of nitrogens with two attached hydrogens (primary N) is 1. The summed E-state index contributed by atoms with van der Waals surface area (Å²) in [5.74, 6) is 2.06. The smallest absolute Gasteiger partial charge is 0.230 e. The minimum atomic E-state index is 0.295. The molecule has 110 valence electrons. The molecule has 0 saturated heterocycles. The molecular formula is C16H14N4OS. The first-order chi connectivity index (χ1) is 10.8. The summed E-state index contributed by atoms with van der Waals surface area (Å²) in [4.78, 5) is 8.84. The largest absolute Gasteiger partial charge is 0.339 e. The molecule has 1 saturated carbocycles. The fraction of sp³-hybridized carbons (Fsp3) is 0.188. The van der Waals surface area contributed by atoms with E-state index in [0.717, 1.165) is 29.0 Å². The zero-order chi connectivity index (χ0) is 14.9. The lowest BCUT2D eigenvalue weighted by atomic mass is 10.1. The molecule has 0 amide bonds. The lowest BCUT2D eigenvalue weighted by molar-refractivity contribution is 0.378. The van der Waals surface area contributed by atoms with Crippen molar-refractivity contribution in [3.05, 3.63) is 60.1 Å². The topological polar surface area (TPSA) is 77.8 Å². The molecular weight excluding hydrogens is 296 g/mol.